The monoisotopic (exact) mass is 268 g/mol. The van der Waals surface area contributed by atoms with E-state index >= 15 is 0 Å². The Morgan fingerprint density at radius 2 is 1.56 bits per heavy atom. The van der Waals surface area contributed by atoms with Crippen molar-refractivity contribution >= 4 is 11.9 Å². The van der Waals surface area contributed by atoms with E-state index in [9.17, 15) is 22.4 Å². The minimum Gasteiger partial charge on any atom is -0.475 e. The topological polar surface area (TPSA) is 92.4 Å². The van der Waals surface area contributed by atoms with Gasteiger partial charge < -0.3 is 5.11 Å². The highest BCUT2D eigenvalue weighted by Gasteiger charge is 2.38. The maximum Gasteiger partial charge on any atom is 0.490 e. The van der Waals surface area contributed by atoms with Crippen molar-refractivity contribution in [2.45, 2.75) is 6.18 Å². The number of hydrazine groups is 1. The van der Waals surface area contributed by atoms with Crippen LogP contribution in [0.25, 0.3) is 0 Å². The molecule has 0 aliphatic carbocycles. The number of hydrogen-bond donors (Lipinski definition) is 3. The highest BCUT2D eigenvalue weighted by atomic mass is 19.4. The Bertz CT molecular complexity index is 417. The van der Waals surface area contributed by atoms with Gasteiger partial charge in [0, 0.05) is 5.56 Å². The van der Waals surface area contributed by atoms with Gasteiger partial charge in [-0.05, 0) is 24.3 Å². The summed E-state index contributed by atoms with van der Waals surface area (Å²) < 4.78 is 44.0. The fraction of sp³-hybridized carbons (Fsp3) is 0.111. The lowest BCUT2D eigenvalue weighted by molar-refractivity contribution is -0.192. The largest absolute Gasteiger partial charge is 0.490 e. The SMILES string of the molecule is NNC(=O)c1ccc(F)cc1.O=C(O)C(F)(F)F. The van der Waals surface area contributed by atoms with Gasteiger partial charge in [0.15, 0.2) is 0 Å². The lowest BCUT2D eigenvalue weighted by atomic mass is 10.2. The van der Waals surface area contributed by atoms with Crippen molar-refractivity contribution in [1.82, 2.24) is 5.43 Å². The quantitative estimate of drug-likeness (QED) is 0.307. The van der Waals surface area contributed by atoms with Gasteiger partial charge in [-0.25, -0.2) is 15.0 Å². The molecular weight excluding hydrogens is 260 g/mol. The second-order valence-corrected chi connectivity index (χ2v) is 2.78. The second-order valence-electron chi connectivity index (χ2n) is 2.78. The summed E-state index contributed by atoms with van der Waals surface area (Å²) in [6, 6.07) is 5.12. The number of hydrogen-bond acceptors (Lipinski definition) is 3. The standard InChI is InChI=1S/C7H7FN2O.C2HF3O2/c8-6-3-1-5(2-4-6)7(11)10-9;3-2(4,5)1(6)7/h1-4H,9H2,(H,10,11);(H,6,7). The summed E-state index contributed by atoms with van der Waals surface area (Å²) in [5.74, 6) is 1.29. The molecule has 0 bridgehead atoms. The number of nitrogens with one attached hydrogen (secondary N) is 1. The van der Waals surface area contributed by atoms with Gasteiger partial charge in [0.05, 0.1) is 0 Å². The molecule has 1 amide bonds. The molecule has 0 saturated heterocycles. The number of nitrogen functional groups attached to an aromatic ring is 1. The van der Waals surface area contributed by atoms with Crippen LogP contribution in [0.4, 0.5) is 17.6 Å². The number of aliphatic carboxylic acids is 1. The summed E-state index contributed by atoms with van der Waals surface area (Å²) in [7, 11) is 0. The van der Waals surface area contributed by atoms with Crippen LogP contribution in [0, 0.1) is 5.82 Å². The maximum absolute atomic E-state index is 12.3. The number of carboxylic acids is 1. The molecule has 0 fully saturated rings. The van der Waals surface area contributed by atoms with Crippen molar-refractivity contribution in [2.24, 2.45) is 5.84 Å². The Kier molecular flexibility index (Phi) is 5.76. The van der Waals surface area contributed by atoms with Gasteiger partial charge in [-0.3, -0.25) is 10.2 Å². The van der Waals surface area contributed by atoms with Gasteiger partial charge >= 0.3 is 12.1 Å². The van der Waals surface area contributed by atoms with E-state index in [0.29, 0.717) is 5.56 Å². The van der Waals surface area contributed by atoms with E-state index in [0.717, 1.165) is 0 Å². The lowest BCUT2D eigenvalue weighted by Gasteiger charge is -1.97. The van der Waals surface area contributed by atoms with E-state index in [1.807, 2.05) is 5.43 Å². The predicted molar refractivity (Wildman–Crippen MR) is 51.7 cm³/mol. The molecule has 0 unspecified atom stereocenters. The minimum absolute atomic E-state index is 0.342. The van der Waals surface area contributed by atoms with E-state index in [1.165, 1.54) is 24.3 Å². The number of carboxylic acid groups (broad SMARTS) is 1. The van der Waals surface area contributed by atoms with Crippen molar-refractivity contribution in [3.8, 4) is 0 Å². The first-order chi connectivity index (χ1) is 8.18. The number of alkyl halides is 3. The lowest BCUT2D eigenvalue weighted by Crippen LogP contribution is -2.29. The third-order valence-electron chi connectivity index (χ3n) is 1.48. The van der Waals surface area contributed by atoms with Crippen molar-refractivity contribution in [3.63, 3.8) is 0 Å². The molecule has 4 N–H and O–H groups in total. The zero-order chi connectivity index (χ0) is 14.3. The summed E-state index contributed by atoms with van der Waals surface area (Å²) in [6.07, 6.45) is -5.08. The van der Waals surface area contributed by atoms with Crippen LogP contribution in [0.5, 0.6) is 0 Å². The molecule has 0 radical (unpaired) electrons. The highest BCUT2D eigenvalue weighted by molar-refractivity contribution is 5.93. The number of carbonyl (C=O) groups is 2. The molecule has 9 heteroatoms. The van der Waals surface area contributed by atoms with Gasteiger partial charge in [-0.15, -0.1) is 0 Å². The summed E-state index contributed by atoms with van der Waals surface area (Å²) in [6.45, 7) is 0. The van der Waals surface area contributed by atoms with Crippen LogP contribution < -0.4 is 11.3 Å². The van der Waals surface area contributed by atoms with Crippen molar-refractivity contribution in [3.05, 3.63) is 35.6 Å². The van der Waals surface area contributed by atoms with Crippen LogP contribution in [0.3, 0.4) is 0 Å². The number of amides is 1. The van der Waals surface area contributed by atoms with Crippen LogP contribution in [0.15, 0.2) is 24.3 Å². The Balaban J connectivity index is 0.000000360. The average molecular weight is 268 g/mol. The summed E-state index contributed by atoms with van der Waals surface area (Å²) in [5, 5.41) is 7.12. The molecule has 0 aliphatic rings. The molecule has 0 heterocycles. The minimum atomic E-state index is -5.08. The molecule has 0 aliphatic heterocycles. The van der Waals surface area contributed by atoms with Crippen molar-refractivity contribution < 1.29 is 32.3 Å². The maximum atomic E-state index is 12.3. The first-order valence-corrected chi connectivity index (χ1v) is 4.25. The van der Waals surface area contributed by atoms with Gasteiger partial charge in [0.1, 0.15) is 5.82 Å². The smallest absolute Gasteiger partial charge is 0.475 e. The number of nitrogens with two attached hydrogens (primary N) is 1. The molecule has 0 atom stereocenters. The summed E-state index contributed by atoms with van der Waals surface area (Å²) >= 11 is 0. The molecule has 5 nitrogen and oxygen atoms in total. The van der Waals surface area contributed by atoms with Crippen LogP contribution in [-0.2, 0) is 4.79 Å². The molecule has 1 rings (SSSR count). The van der Waals surface area contributed by atoms with Gasteiger partial charge in [-0.2, -0.15) is 13.2 Å². The Morgan fingerprint density at radius 3 is 1.83 bits per heavy atom. The van der Waals surface area contributed by atoms with E-state index in [-0.39, 0.29) is 5.82 Å². The van der Waals surface area contributed by atoms with Crippen LogP contribution in [0.2, 0.25) is 0 Å². The van der Waals surface area contributed by atoms with Crippen LogP contribution in [0.1, 0.15) is 10.4 Å². The van der Waals surface area contributed by atoms with Gasteiger partial charge in [0.25, 0.3) is 5.91 Å². The van der Waals surface area contributed by atoms with Crippen LogP contribution >= 0.6 is 0 Å². The van der Waals surface area contributed by atoms with E-state index in [1.54, 1.807) is 0 Å². The third kappa shape index (κ3) is 5.80. The molecule has 0 aromatic heterocycles. The molecule has 0 spiro atoms. The fourth-order valence-electron chi connectivity index (χ4n) is 0.685. The highest BCUT2D eigenvalue weighted by Crippen LogP contribution is 2.13. The summed E-state index contributed by atoms with van der Waals surface area (Å²) in [4.78, 5) is 19.7. The fourth-order valence-corrected chi connectivity index (χ4v) is 0.685. The van der Waals surface area contributed by atoms with Crippen molar-refractivity contribution in [2.75, 3.05) is 0 Å². The van der Waals surface area contributed by atoms with Crippen LogP contribution in [-0.4, -0.2) is 23.2 Å². The zero-order valence-corrected chi connectivity index (χ0v) is 8.66. The number of rotatable bonds is 1. The summed E-state index contributed by atoms with van der Waals surface area (Å²) in [5.41, 5.74) is 2.28. The predicted octanol–water partition coefficient (Wildman–Crippen LogP) is 1.06. The Morgan fingerprint density at radius 1 is 1.17 bits per heavy atom. The Labute approximate surface area is 98.2 Å². The molecule has 100 valence electrons. The normalized spacial score (nSPS) is 10.1. The number of carbonyl (C=O) groups excluding carboxylic acids is 1. The van der Waals surface area contributed by atoms with Gasteiger partial charge in [-0.1, -0.05) is 0 Å². The van der Waals surface area contributed by atoms with E-state index in [4.69, 9.17) is 15.7 Å². The third-order valence-corrected chi connectivity index (χ3v) is 1.48. The molecule has 1 aromatic carbocycles. The van der Waals surface area contributed by atoms with E-state index in [2.05, 4.69) is 0 Å². The zero-order valence-electron chi connectivity index (χ0n) is 8.66. The first-order valence-electron chi connectivity index (χ1n) is 4.25. The molecule has 1 aromatic rings. The van der Waals surface area contributed by atoms with E-state index < -0.39 is 18.1 Å². The first kappa shape index (κ1) is 15.8. The number of benzene rings is 1. The second kappa shape index (κ2) is 6.55. The number of halogens is 4. The molecular formula is C9H8F4N2O3. The van der Waals surface area contributed by atoms with Crippen molar-refractivity contribution in [1.29, 1.82) is 0 Å². The molecule has 18 heavy (non-hydrogen) atoms. The Hall–Kier alpha value is -2.16. The average Bonchev–Trinajstić information content (AvgIpc) is 2.28. The van der Waals surface area contributed by atoms with Gasteiger partial charge in [0.2, 0.25) is 0 Å². The molecule has 0 saturated carbocycles.